The third kappa shape index (κ3) is 2.32. The van der Waals surface area contributed by atoms with Crippen molar-refractivity contribution in [1.82, 2.24) is 0 Å². The van der Waals surface area contributed by atoms with Gasteiger partial charge in [-0.2, -0.15) is 0 Å². The molecule has 1 heterocycles. The third-order valence-corrected chi connectivity index (χ3v) is 2.17. The molecule has 0 saturated carbocycles. The van der Waals surface area contributed by atoms with Gasteiger partial charge in [-0.05, 0) is 18.4 Å². The molecular weight excluding hydrogens is 195 g/mol. The van der Waals surface area contributed by atoms with Gasteiger partial charge in [-0.3, -0.25) is 0 Å². The number of hydrogen-bond acceptors (Lipinski definition) is 4. The zero-order chi connectivity index (χ0) is 10.7. The van der Waals surface area contributed by atoms with Crippen molar-refractivity contribution in [2.45, 2.75) is 12.8 Å². The van der Waals surface area contributed by atoms with E-state index >= 15 is 0 Å². The summed E-state index contributed by atoms with van der Waals surface area (Å²) in [6.07, 6.45) is 10.4. The quantitative estimate of drug-likeness (QED) is 0.661. The summed E-state index contributed by atoms with van der Waals surface area (Å²) in [6.45, 7) is 0. The molecule has 2 N–H and O–H groups in total. The molecule has 2 rings (SSSR count). The lowest BCUT2D eigenvalue weighted by Gasteiger charge is -2.18. The van der Waals surface area contributed by atoms with E-state index in [-0.39, 0.29) is 5.66 Å². The third-order valence-electron chi connectivity index (χ3n) is 2.17. The van der Waals surface area contributed by atoms with Crippen molar-refractivity contribution in [1.29, 1.82) is 0 Å². The normalized spacial score (nSPS) is 19.5. The van der Waals surface area contributed by atoms with Crippen LogP contribution in [0.25, 0.3) is 0 Å². The highest BCUT2D eigenvalue weighted by molar-refractivity contribution is 6.49. The van der Waals surface area contributed by atoms with E-state index < -0.39 is 7.12 Å². The molecule has 0 unspecified atom stereocenters. The summed E-state index contributed by atoms with van der Waals surface area (Å²) in [4.78, 5) is 0. The van der Waals surface area contributed by atoms with Crippen LogP contribution in [0.1, 0.15) is 12.8 Å². The van der Waals surface area contributed by atoms with Crippen molar-refractivity contribution < 1.29 is 19.5 Å². The first-order valence-corrected chi connectivity index (χ1v) is 4.73. The van der Waals surface area contributed by atoms with E-state index in [0.717, 1.165) is 18.4 Å². The highest BCUT2D eigenvalue weighted by Gasteiger charge is 2.23. The lowest BCUT2D eigenvalue weighted by molar-refractivity contribution is 0.228. The minimum Gasteiger partial charge on any atom is -0.466 e. The van der Waals surface area contributed by atoms with Gasteiger partial charge in [0, 0.05) is 0 Å². The molecule has 0 radical (unpaired) electrons. The first kappa shape index (κ1) is 10.1. The first-order chi connectivity index (χ1) is 7.27. The molecule has 0 aromatic carbocycles. The van der Waals surface area contributed by atoms with Crippen LogP contribution < -0.4 is 0 Å². The summed E-state index contributed by atoms with van der Waals surface area (Å²) in [7, 11) is -1.64. The van der Waals surface area contributed by atoms with Gasteiger partial charge in [0.05, 0.1) is 0 Å². The van der Waals surface area contributed by atoms with Crippen LogP contribution in [0.4, 0.5) is 0 Å². The molecule has 78 valence electrons. The second kappa shape index (κ2) is 4.38. The van der Waals surface area contributed by atoms with Gasteiger partial charge in [-0.1, -0.05) is 18.2 Å². The number of allylic oxidation sites excluding steroid dienone is 4. The monoisotopic (exact) mass is 206 g/mol. The zero-order valence-corrected chi connectivity index (χ0v) is 8.09. The van der Waals surface area contributed by atoms with Gasteiger partial charge in [0.1, 0.15) is 12.5 Å². The molecule has 0 saturated heterocycles. The van der Waals surface area contributed by atoms with Gasteiger partial charge >= 0.3 is 7.12 Å². The fourth-order valence-electron chi connectivity index (χ4n) is 1.40. The van der Waals surface area contributed by atoms with Crippen LogP contribution in [-0.4, -0.2) is 17.2 Å². The molecule has 0 spiro atoms. The predicted molar refractivity (Wildman–Crippen MR) is 55.0 cm³/mol. The Morgan fingerprint density at radius 1 is 1.27 bits per heavy atom. The topological polar surface area (TPSA) is 58.9 Å². The Bertz CT molecular complexity index is 366. The van der Waals surface area contributed by atoms with E-state index in [2.05, 4.69) is 6.08 Å². The summed E-state index contributed by atoms with van der Waals surface area (Å²) in [5.41, 5.74) is 0.992. The molecule has 15 heavy (non-hydrogen) atoms. The molecule has 0 fully saturated rings. The summed E-state index contributed by atoms with van der Waals surface area (Å²) < 4.78 is 10.3. The van der Waals surface area contributed by atoms with Crippen LogP contribution >= 0.6 is 0 Å². The molecule has 4 nitrogen and oxygen atoms in total. The van der Waals surface area contributed by atoms with Crippen LogP contribution in [0.2, 0.25) is 0 Å². The second-order valence-electron chi connectivity index (χ2n) is 3.27. The largest absolute Gasteiger partial charge is 0.529 e. The molecule has 1 aliphatic carbocycles. The molecular formula is C10H11BO4. The maximum absolute atomic E-state index is 8.91. The number of hydrogen-bond donors (Lipinski definition) is 2. The Morgan fingerprint density at radius 3 is 2.80 bits per heavy atom. The van der Waals surface area contributed by atoms with E-state index in [1.807, 2.05) is 12.2 Å². The van der Waals surface area contributed by atoms with Crippen molar-refractivity contribution in [2.75, 3.05) is 0 Å². The molecule has 0 amide bonds. The van der Waals surface area contributed by atoms with Gasteiger partial charge < -0.3 is 19.5 Å². The van der Waals surface area contributed by atoms with Gasteiger partial charge in [-0.25, -0.2) is 0 Å². The average Bonchev–Trinajstić information content (AvgIpc) is 2.30. The van der Waals surface area contributed by atoms with Gasteiger partial charge in [0.15, 0.2) is 11.4 Å². The van der Waals surface area contributed by atoms with Crippen LogP contribution in [-0.2, 0) is 9.47 Å². The summed E-state index contributed by atoms with van der Waals surface area (Å²) >= 11 is 0. The number of rotatable bonds is 2. The lowest BCUT2D eigenvalue weighted by atomic mass is 9.88. The van der Waals surface area contributed by atoms with Crippen LogP contribution in [0.3, 0.4) is 0 Å². The number of ether oxygens (including phenoxy) is 2. The second-order valence-corrected chi connectivity index (χ2v) is 3.27. The lowest BCUT2D eigenvalue weighted by Crippen LogP contribution is -2.20. The minimum absolute atomic E-state index is 0.00273. The minimum atomic E-state index is -1.64. The summed E-state index contributed by atoms with van der Waals surface area (Å²) in [6, 6.07) is 0. The maximum Gasteiger partial charge on any atom is 0.529 e. The molecule has 1 aliphatic heterocycles. The SMILES string of the molecule is OB(O)C1=COC=C(C2=CC=CCC2)O1. The molecule has 0 atom stereocenters. The molecule has 0 bridgehead atoms. The Kier molecular flexibility index (Phi) is 2.94. The van der Waals surface area contributed by atoms with Crippen LogP contribution in [0.5, 0.6) is 0 Å². The molecule has 2 aliphatic rings. The highest BCUT2D eigenvalue weighted by Crippen LogP contribution is 2.26. The smallest absolute Gasteiger partial charge is 0.466 e. The highest BCUT2D eigenvalue weighted by atomic mass is 16.6. The first-order valence-electron chi connectivity index (χ1n) is 4.73. The summed E-state index contributed by atoms with van der Waals surface area (Å²) in [5.74, 6) is 0.532. The fraction of sp³-hybridized carbons (Fsp3) is 0.200. The van der Waals surface area contributed by atoms with Crippen LogP contribution in [0, 0.1) is 0 Å². The van der Waals surface area contributed by atoms with Crippen LogP contribution in [0.15, 0.2) is 47.7 Å². The van der Waals surface area contributed by atoms with Gasteiger partial charge in [0.25, 0.3) is 0 Å². The molecule has 0 aromatic rings. The Balaban J connectivity index is 2.09. The van der Waals surface area contributed by atoms with Gasteiger partial charge in [-0.15, -0.1) is 0 Å². The predicted octanol–water partition coefficient (Wildman–Crippen LogP) is 1.00. The van der Waals surface area contributed by atoms with Crippen molar-refractivity contribution >= 4 is 7.12 Å². The van der Waals surface area contributed by atoms with Gasteiger partial charge in [0.2, 0.25) is 0 Å². The van der Waals surface area contributed by atoms with Crippen molar-refractivity contribution in [2.24, 2.45) is 0 Å². The van der Waals surface area contributed by atoms with Crippen molar-refractivity contribution in [3.63, 3.8) is 0 Å². The standard InChI is InChI=1S/C10H11BO4/c12-11(13)10-7-14-6-9(15-10)8-4-2-1-3-5-8/h1-2,4,6-7,12-13H,3,5H2. The van der Waals surface area contributed by atoms with Crippen molar-refractivity contribution in [3.05, 3.63) is 47.7 Å². The van der Waals surface area contributed by atoms with E-state index in [4.69, 9.17) is 19.5 Å². The van der Waals surface area contributed by atoms with E-state index in [0.29, 0.717) is 5.76 Å². The average molecular weight is 206 g/mol. The fourth-order valence-corrected chi connectivity index (χ4v) is 1.40. The Hall–Kier alpha value is -1.46. The van der Waals surface area contributed by atoms with E-state index in [9.17, 15) is 0 Å². The Morgan fingerprint density at radius 2 is 2.13 bits per heavy atom. The van der Waals surface area contributed by atoms with E-state index in [1.165, 1.54) is 12.5 Å². The van der Waals surface area contributed by atoms with Crippen molar-refractivity contribution in [3.8, 4) is 0 Å². The van der Waals surface area contributed by atoms with E-state index in [1.54, 1.807) is 0 Å². The Labute approximate surface area is 88.0 Å². The molecule has 0 aromatic heterocycles. The molecule has 5 heteroatoms. The summed E-state index contributed by atoms with van der Waals surface area (Å²) in [5, 5.41) is 17.8. The zero-order valence-electron chi connectivity index (χ0n) is 8.09. The maximum atomic E-state index is 8.91.